The molecule has 6 heteroatoms. The van der Waals surface area contributed by atoms with Gasteiger partial charge in [0, 0.05) is 27.9 Å². The van der Waals surface area contributed by atoms with Gasteiger partial charge in [0.15, 0.2) is 0 Å². The van der Waals surface area contributed by atoms with Crippen LogP contribution in [0, 0.1) is 3.57 Å². The summed E-state index contributed by atoms with van der Waals surface area (Å²) in [5.41, 5.74) is 4.02. The van der Waals surface area contributed by atoms with Crippen molar-refractivity contribution in [2.75, 3.05) is 13.2 Å². The first-order valence-corrected chi connectivity index (χ1v) is 8.88. The summed E-state index contributed by atoms with van der Waals surface area (Å²) < 4.78 is 12.7. The van der Waals surface area contributed by atoms with E-state index in [4.69, 9.17) is 9.47 Å². The van der Waals surface area contributed by atoms with Gasteiger partial charge in [0.2, 0.25) is 5.88 Å². The summed E-state index contributed by atoms with van der Waals surface area (Å²) in [4.78, 5) is 4.11. The zero-order valence-electron chi connectivity index (χ0n) is 12.9. The van der Waals surface area contributed by atoms with Crippen molar-refractivity contribution in [2.45, 2.75) is 12.5 Å². The summed E-state index contributed by atoms with van der Waals surface area (Å²) in [6.07, 6.45) is 4.51. The number of rotatable bonds is 4. The number of aromatic nitrogens is 3. The van der Waals surface area contributed by atoms with Gasteiger partial charge in [-0.3, -0.25) is 10.1 Å². The van der Waals surface area contributed by atoms with E-state index in [2.05, 4.69) is 62.0 Å². The van der Waals surface area contributed by atoms with Crippen LogP contribution in [0.1, 0.15) is 6.42 Å². The molecule has 4 rings (SSSR count). The van der Waals surface area contributed by atoms with E-state index in [0.29, 0.717) is 12.5 Å². The fraction of sp³-hybridized carbons (Fsp3) is 0.222. The van der Waals surface area contributed by atoms with Crippen molar-refractivity contribution in [2.24, 2.45) is 0 Å². The highest BCUT2D eigenvalue weighted by Gasteiger charge is 2.23. The molecule has 5 nitrogen and oxygen atoms in total. The van der Waals surface area contributed by atoms with Gasteiger partial charge in [-0.25, -0.2) is 0 Å². The van der Waals surface area contributed by atoms with Crippen molar-refractivity contribution >= 4 is 22.6 Å². The fourth-order valence-electron chi connectivity index (χ4n) is 2.79. The van der Waals surface area contributed by atoms with Crippen LogP contribution in [0.4, 0.5) is 0 Å². The number of halogens is 1. The fourth-order valence-corrected chi connectivity index (χ4v) is 3.15. The summed E-state index contributed by atoms with van der Waals surface area (Å²) in [5, 5.41) is 7.57. The van der Waals surface area contributed by atoms with Crippen LogP contribution in [0.3, 0.4) is 0 Å². The second-order valence-corrected chi connectivity index (χ2v) is 6.87. The number of nitrogens with one attached hydrogen (secondary N) is 1. The smallest absolute Gasteiger partial charge is 0.241 e. The van der Waals surface area contributed by atoms with Crippen LogP contribution in [-0.2, 0) is 4.74 Å². The Balaban J connectivity index is 1.78. The van der Waals surface area contributed by atoms with Crippen molar-refractivity contribution in [3.8, 4) is 28.3 Å². The minimum absolute atomic E-state index is 0.0541. The average Bonchev–Trinajstić information content (AvgIpc) is 3.27. The molecule has 1 aliphatic rings. The van der Waals surface area contributed by atoms with E-state index in [1.807, 2.05) is 12.1 Å². The molecular formula is C18H16IN3O2. The van der Waals surface area contributed by atoms with Crippen molar-refractivity contribution in [3.63, 3.8) is 0 Å². The molecule has 0 bridgehead atoms. The van der Waals surface area contributed by atoms with Crippen LogP contribution in [0.5, 0.6) is 5.88 Å². The van der Waals surface area contributed by atoms with Gasteiger partial charge in [0.05, 0.1) is 24.5 Å². The Labute approximate surface area is 153 Å². The number of aromatic amines is 1. The molecule has 0 radical (unpaired) electrons. The highest BCUT2D eigenvalue weighted by Crippen LogP contribution is 2.38. The van der Waals surface area contributed by atoms with Gasteiger partial charge in [-0.1, -0.05) is 12.1 Å². The largest absolute Gasteiger partial charge is 0.470 e. The predicted molar refractivity (Wildman–Crippen MR) is 99.8 cm³/mol. The van der Waals surface area contributed by atoms with E-state index in [1.54, 1.807) is 12.4 Å². The first kappa shape index (κ1) is 15.6. The molecule has 0 aliphatic carbocycles. The first-order chi connectivity index (χ1) is 11.8. The van der Waals surface area contributed by atoms with Crippen molar-refractivity contribution in [1.29, 1.82) is 0 Å². The summed E-state index contributed by atoms with van der Waals surface area (Å²) in [6.45, 7) is 1.35. The van der Waals surface area contributed by atoms with Crippen LogP contribution in [0.25, 0.3) is 22.4 Å². The molecule has 24 heavy (non-hydrogen) atoms. The Kier molecular flexibility index (Phi) is 4.48. The summed E-state index contributed by atoms with van der Waals surface area (Å²) in [6, 6.07) is 12.3. The highest BCUT2D eigenvalue weighted by molar-refractivity contribution is 14.1. The standard InChI is InChI=1S/C18H16IN3O2/c19-14-3-1-13(2-4-14)17-16(12-5-8-20-9-6-12)18(22-21-17)24-15-7-10-23-11-15/h1-6,8-9,15H,7,10-11H2,(H,21,22). The lowest BCUT2D eigenvalue weighted by Crippen LogP contribution is -2.16. The Morgan fingerprint density at radius 2 is 1.88 bits per heavy atom. The Bertz CT molecular complexity index is 812. The number of hydrogen-bond donors (Lipinski definition) is 1. The quantitative estimate of drug-likeness (QED) is 0.634. The minimum Gasteiger partial charge on any atom is -0.470 e. The maximum Gasteiger partial charge on any atom is 0.241 e. The maximum atomic E-state index is 6.10. The van der Waals surface area contributed by atoms with Crippen LogP contribution in [0.2, 0.25) is 0 Å². The van der Waals surface area contributed by atoms with E-state index >= 15 is 0 Å². The monoisotopic (exact) mass is 433 g/mol. The lowest BCUT2D eigenvalue weighted by Gasteiger charge is -2.12. The third-order valence-corrected chi connectivity index (χ3v) is 4.72. The SMILES string of the molecule is Ic1ccc(-c2[nH]nc(OC3CCOC3)c2-c2ccncc2)cc1. The molecule has 1 atom stereocenters. The second-order valence-electron chi connectivity index (χ2n) is 5.62. The third-order valence-electron chi connectivity index (χ3n) is 4.00. The molecule has 0 saturated carbocycles. The minimum atomic E-state index is 0.0541. The van der Waals surface area contributed by atoms with Crippen LogP contribution in [-0.4, -0.2) is 34.5 Å². The van der Waals surface area contributed by atoms with E-state index in [-0.39, 0.29) is 6.10 Å². The average molecular weight is 433 g/mol. The molecule has 3 heterocycles. The van der Waals surface area contributed by atoms with E-state index in [9.17, 15) is 0 Å². The molecule has 122 valence electrons. The molecule has 1 aromatic carbocycles. The normalized spacial score (nSPS) is 17.1. The van der Waals surface area contributed by atoms with Crippen LogP contribution in [0.15, 0.2) is 48.8 Å². The molecule has 1 saturated heterocycles. The van der Waals surface area contributed by atoms with E-state index in [0.717, 1.165) is 35.4 Å². The molecule has 1 unspecified atom stereocenters. The van der Waals surface area contributed by atoms with Gasteiger partial charge in [0.1, 0.15) is 6.10 Å². The van der Waals surface area contributed by atoms with Gasteiger partial charge in [-0.15, -0.1) is 5.10 Å². The summed E-state index contributed by atoms with van der Waals surface area (Å²) in [7, 11) is 0. The molecular weight excluding hydrogens is 417 g/mol. The first-order valence-electron chi connectivity index (χ1n) is 7.80. The summed E-state index contributed by atoms with van der Waals surface area (Å²) >= 11 is 2.30. The summed E-state index contributed by atoms with van der Waals surface area (Å²) in [5.74, 6) is 0.616. The number of pyridine rings is 1. The maximum absolute atomic E-state index is 6.10. The van der Waals surface area contributed by atoms with E-state index in [1.165, 1.54) is 3.57 Å². The van der Waals surface area contributed by atoms with Crippen molar-refractivity contribution in [1.82, 2.24) is 15.2 Å². The number of benzene rings is 1. The zero-order valence-corrected chi connectivity index (χ0v) is 15.1. The van der Waals surface area contributed by atoms with E-state index < -0.39 is 0 Å². The molecule has 1 N–H and O–H groups in total. The molecule has 0 spiro atoms. The van der Waals surface area contributed by atoms with Gasteiger partial charge in [-0.05, 0) is 52.4 Å². The van der Waals surface area contributed by atoms with Gasteiger partial charge >= 0.3 is 0 Å². The van der Waals surface area contributed by atoms with Gasteiger partial charge in [-0.2, -0.15) is 0 Å². The molecule has 1 aliphatic heterocycles. The lowest BCUT2D eigenvalue weighted by atomic mass is 10.0. The lowest BCUT2D eigenvalue weighted by molar-refractivity contribution is 0.138. The Hall–Kier alpha value is -1.93. The number of ether oxygens (including phenoxy) is 2. The molecule has 2 aromatic heterocycles. The highest BCUT2D eigenvalue weighted by atomic mass is 127. The zero-order chi connectivity index (χ0) is 16.4. The van der Waals surface area contributed by atoms with Crippen molar-refractivity contribution < 1.29 is 9.47 Å². The second kappa shape index (κ2) is 6.90. The van der Waals surface area contributed by atoms with Gasteiger partial charge < -0.3 is 9.47 Å². The predicted octanol–water partition coefficient (Wildman–Crippen LogP) is 3.91. The van der Waals surface area contributed by atoms with Crippen LogP contribution >= 0.6 is 22.6 Å². The number of hydrogen-bond acceptors (Lipinski definition) is 4. The Morgan fingerprint density at radius 3 is 2.58 bits per heavy atom. The van der Waals surface area contributed by atoms with Gasteiger partial charge in [0.25, 0.3) is 0 Å². The molecule has 3 aromatic rings. The van der Waals surface area contributed by atoms with Crippen molar-refractivity contribution in [3.05, 3.63) is 52.4 Å². The molecule has 0 amide bonds. The topological polar surface area (TPSA) is 60.0 Å². The Morgan fingerprint density at radius 1 is 1.08 bits per heavy atom. The van der Waals surface area contributed by atoms with Crippen LogP contribution < -0.4 is 4.74 Å². The molecule has 1 fully saturated rings. The third kappa shape index (κ3) is 3.16. The number of nitrogens with zero attached hydrogens (tertiary/aromatic N) is 2. The number of H-pyrrole nitrogens is 1.